The van der Waals surface area contributed by atoms with Gasteiger partial charge in [0.05, 0.1) is 0 Å². The molecule has 4 nitrogen and oxygen atoms in total. The molecule has 0 radical (unpaired) electrons. The largest absolute Gasteiger partial charge is 0.370 e. The second kappa shape index (κ2) is 3.75. The first-order chi connectivity index (χ1) is 5.38. The molecule has 0 saturated carbocycles. The van der Waals surface area contributed by atoms with E-state index < -0.39 is 0 Å². The van der Waals surface area contributed by atoms with Gasteiger partial charge in [-0.05, 0) is 6.92 Å². The zero-order valence-electron chi connectivity index (χ0n) is 6.76. The third-order valence-corrected chi connectivity index (χ3v) is 1.28. The van der Waals surface area contributed by atoms with E-state index >= 15 is 0 Å². The van der Waals surface area contributed by atoms with Crippen LogP contribution in [0.1, 0.15) is 6.92 Å². The summed E-state index contributed by atoms with van der Waals surface area (Å²) in [6, 6.07) is 0. The van der Waals surface area contributed by atoms with E-state index in [1.807, 2.05) is 14.0 Å². The lowest BCUT2D eigenvalue weighted by atomic mass is 10.5. The van der Waals surface area contributed by atoms with Crippen molar-refractivity contribution >= 4 is 11.6 Å². The van der Waals surface area contributed by atoms with Gasteiger partial charge < -0.3 is 10.6 Å². The first-order valence-electron chi connectivity index (χ1n) is 3.61. The van der Waals surface area contributed by atoms with Crippen molar-refractivity contribution in [1.29, 1.82) is 0 Å². The Bertz CT molecular complexity index is 223. The van der Waals surface area contributed by atoms with Crippen LogP contribution in [0.5, 0.6) is 0 Å². The summed E-state index contributed by atoms with van der Waals surface area (Å²) in [5, 5.41) is 6.04. The van der Waals surface area contributed by atoms with Crippen LogP contribution < -0.4 is 10.6 Å². The first kappa shape index (κ1) is 7.78. The molecule has 0 spiro atoms. The molecule has 1 aromatic rings. The highest BCUT2D eigenvalue weighted by atomic mass is 15.1. The summed E-state index contributed by atoms with van der Waals surface area (Å²) < 4.78 is 0. The lowest BCUT2D eigenvalue weighted by Gasteiger charge is -2.05. The fraction of sp³-hybridized carbons (Fsp3) is 0.429. The van der Waals surface area contributed by atoms with E-state index in [9.17, 15) is 0 Å². The minimum absolute atomic E-state index is 0.786. The Balaban J connectivity index is 2.83. The van der Waals surface area contributed by atoms with Gasteiger partial charge >= 0.3 is 0 Å². The Kier molecular flexibility index (Phi) is 2.66. The first-order valence-corrected chi connectivity index (χ1v) is 3.61. The van der Waals surface area contributed by atoms with Crippen LogP contribution in [0.4, 0.5) is 11.6 Å². The number of nitrogens with zero attached hydrogens (tertiary/aromatic N) is 2. The molecule has 1 aromatic heterocycles. The molecular formula is C7H12N4. The summed E-state index contributed by atoms with van der Waals surface area (Å²) in [5.74, 6) is 1.59. The molecule has 1 rings (SSSR count). The van der Waals surface area contributed by atoms with Crippen LogP contribution in [0, 0.1) is 0 Å². The van der Waals surface area contributed by atoms with Crippen LogP contribution in [0.2, 0.25) is 0 Å². The van der Waals surface area contributed by atoms with Gasteiger partial charge in [-0.15, -0.1) is 0 Å². The fourth-order valence-electron chi connectivity index (χ4n) is 0.818. The van der Waals surface area contributed by atoms with Crippen molar-refractivity contribution in [3.05, 3.63) is 12.4 Å². The summed E-state index contributed by atoms with van der Waals surface area (Å²) in [5.41, 5.74) is 0. The van der Waals surface area contributed by atoms with E-state index in [0.29, 0.717) is 0 Å². The number of hydrogen-bond acceptors (Lipinski definition) is 4. The second-order valence-electron chi connectivity index (χ2n) is 2.03. The topological polar surface area (TPSA) is 49.8 Å². The monoisotopic (exact) mass is 152 g/mol. The average Bonchev–Trinajstić information content (AvgIpc) is 2.06. The van der Waals surface area contributed by atoms with E-state index in [2.05, 4.69) is 20.6 Å². The number of aromatic nitrogens is 2. The Hall–Kier alpha value is -1.32. The van der Waals surface area contributed by atoms with Crippen LogP contribution in [-0.4, -0.2) is 23.6 Å². The maximum atomic E-state index is 4.10. The predicted octanol–water partition coefficient (Wildman–Crippen LogP) is 0.950. The van der Waals surface area contributed by atoms with Crippen LogP contribution >= 0.6 is 0 Å². The highest BCUT2D eigenvalue weighted by Crippen LogP contribution is 2.11. The van der Waals surface area contributed by atoms with E-state index in [-0.39, 0.29) is 0 Å². The van der Waals surface area contributed by atoms with Crippen molar-refractivity contribution in [2.75, 3.05) is 24.2 Å². The van der Waals surface area contributed by atoms with Crippen molar-refractivity contribution in [2.24, 2.45) is 0 Å². The predicted molar refractivity (Wildman–Crippen MR) is 45.7 cm³/mol. The van der Waals surface area contributed by atoms with Crippen molar-refractivity contribution in [3.8, 4) is 0 Å². The smallest absolute Gasteiger partial charge is 0.169 e. The lowest BCUT2D eigenvalue weighted by Crippen LogP contribution is -2.04. The standard InChI is InChI=1S/C7H12N4/c1-3-9-7-6(8-2)10-4-5-11-7/h4-5H,3H2,1-2H3,(H,8,10)(H,9,11). The lowest BCUT2D eigenvalue weighted by molar-refractivity contribution is 1.12. The average molecular weight is 152 g/mol. The normalized spacial score (nSPS) is 9.27. The molecule has 0 saturated heterocycles. The van der Waals surface area contributed by atoms with Gasteiger partial charge in [0.25, 0.3) is 0 Å². The highest BCUT2D eigenvalue weighted by Gasteiger charge is 1.98. The third-order valence-electron chi connectivity index (χ3n) is 1.28. The molecule has 11 heavy (non-hydrogen) atoms. The van der Waals surface area contributed by atoms with Crippen molar-refractivity contribution in [2.45, 2.75) is 6.92 Å². The number of hydrogen-bond donors (Lipinski definition) is 2. The molecule has 4 heteroatoms. The summed E-state index contributed by atoms with van der Waals surface area (Å²) in [6.07, 6.45) is 3.32. The summed E-state index contributed by atoms with van der Waals surface area (Å²) in [6.45, 7) is 2.88. The molecule has 0 aliphatic heterocycles. The van der Waals surface area contributed by atoms with Crippen LogP contribution in [-0.2, 0) is 0 Å². The van der Waals surface area contributed by atoms with E-state index in [1.165, 1.54) is 0 Å². The molecule has 0 amide bonds. The zero-order chi connectivity index (χ0) is 8.10. The Labute approximate surface area is 66.1 Å². The Morgan fingerprint density at radius 3 is 2.45 bits per heavy atom. The summed E-state index contributed by atoms with van der Waals surface area (Å²) in [7, 11) is 1.82. The van der Waals surface area contributed by atoms with E-state index in [4.69, 9.17) is 0 Å². The SMILES string of the molecule is CCNc1nccnc1NC. The van der Waals surface area contributed by atoms with Crippen molar-refractivity contribution < 1.29 is 0 Å². The van der Waals surface area contributed by atoms with Crippen LogP contribution in [0.3, 0.4) is 0 Å². The minimum Gasteiger partial charge on any atom is -0.370 e. The van der Waals surface area contributed by atoms with Crippen molar-refractivity contribution in [3.63, 3.8) is 0 Å². The summed E-state index contributed by atoms with van der Waals surface area (Å²) >= 11 is 0. The second-order valence-corrected chi connectivity index (χ2v) is 2.03. The molecule has 0 aromatic carbocycles. The Morgan fingerprint density at radius 1 is 1.27 bits per heavy atom. The summed E-state index contributed by atoms with van der Waals surface area (Å²) in [4.78, 5) is 8.18. The van der Waals surface area contributed by atoms with Crippen LogP contribution in [0.15, 0.2) is 12.4 Å². The maximum Gasteiger partial charge on any atom is 0.169 e. The van der Waals surface area contributed by atoms with Crippen LogP contribution in [0.25, 0.3) is 0 Å². The van der Waals surface area contributed by atoms with Gasteiger partial charge in [0.1, 0.15) is 0 Å². The third kappa shape index (κ3) is 1.80. The molecule has 0 aliphatic rings. The molecule has 1 heterocycles. The van der Waals surface area contributed by atoms with Gasteiger partial charge in [-0.2, -0.15) is 0 Å². The molecule has 2 N–H and O–H groups in total. The molecule has 0 unspecified atom stereocenters. The highest BCUT2D eigenvalue weighted by molar-refractivity contribution is 5.57. The van der Waals surface area contributed by atoms with E-state index in [0.717, 1.165) is 18.2 Å². The minimum atomic E-state index is 0.786. The fourth-order valence-corrected chi connectivity index (χ4v) is 0.818. The maximum absolute atomic E-state index is 4.10. The molecule has 0 aliphatic carbocycles. The Morgan fingerprint density at radius 2 is 1.91 bits per heavy atom. The van der Waals surface area contributed by atoms with Gasteiger partial charge in [0.15, 0.2) is 11.6 Å². The van der Waals surface area contributed by atoms with E-state index in [1.54, 1.807) is 12.4 Å². The molecule has 0 atom stereocenters. The van der Waals surface area contributed by atoms with Gasteiger partial charge in [0, 0.05) is 26.0 Å². The van der Waals surface area contributed by atoms with Gasteiger partial charge in [-0.1, -0.05) is 0 Å². The van der Waals surface area contributed by atoms with Gasteiger partial charge in [-0.3, -0.25) is 0 Å². The molecule has 60 valence electrons. The number of anilines is 2. The van der Waals surface area contributed by atoms with Gasteiger partial charge in [-0.25, -0.2) is 9.97 Å². The quantitative estimate of drug-likeness (QED) is 0.677. The number of nitrogens with one attached hydrogen (secondary N) is 2. The van der Waals surface area contributed by atoms with Crippen molar-refractivity contribution in [1.82, 2.24) is 9.97 Å². The molecule has 0 bridgehead atoms. The molecule has 0 fully saturated rings. The van der Waals surface area contributed by atoms with Gasteiger partial charge in [0.2, 0.25) is 0 Å². The zero-order valence-corrected chi connectivity index (χ0v) is 6.76. The number of rotatable bonds is 3. The molecular weight excluding hydrogens is 140 g/mol.